The van der Waals surface area contributed by atoms with E-state index in [1.165, 1.54) is 0 Å². The number of hydrogen-bond donors (Lipinski definition) is 0. The Morgan fingerprint density at radius 3 is 2.44 bits per heavy atom. The number of ether oxygens (including phenoxy) is 1. The number of amides is 2. The highest BCUT2D eigenvalue weighted by Gasteiger charge is 2.36. The van der Waals surface area contributed by atoms with Crippen molar-refractivity contribution in [1.82, 2.24) is 0 Å². The number of carbonyl (C=O) groups excluding carboxylic acids is 2. The molecule has 25 heavy (non-hydrogen) atoms. The molecule has 7 heteroatoms. The minimum absolute atomic E-state index is 0.308. The van der Waals surface area contributed by atoms with Crippen molar-refractivity contribution in [2.75, 3.05) is 11.5 Å². The van der Waals surface area contributed by atoms with Crippen molar-refractivity contribution < 1.29 is 14.3 Å². The lowest BCUT2D eigenvalue weighted by Gasteiger charge is -2.12. The van der Waals surface area contributed by atoms with Crippen LogP contribution >= 0.6 is 35.0 Å². The Hall–Kier alpha value is -1.95. The van der Waals surface area contributed by atoms with Gasteiger partial charge in [0.05, 0.1) is 17.2 Å². The second kappa shape index (κ2) is 7.52. The molecule has 1 aliphatic heterocycles. The topological polar surface area (TPSA) is 46.6 Å². The molecule has 1 saturated heterocycles. The van der Waals surface area contributed by atoms with Crippen LogP contribution in [-0.2, 0) is 4.79 Å². The van der Waals surface area contributed by atoms with Gasteiger partial charge in [-0.05, 0) is 67.2 Å². The maximum absolute atomic E-state index is 12.7. The summed E-state index contributed by atoms with van der Waals surface area (Å²) in [4.78, 5) is 26.4. The van der Waals surface area contributed by atoms with Crippen LogP contribution in [-0.4, -0.2) is 17.8 Å². The van der Waals surface area contributed by atoms with Gasteiger partial charge in [-0.25, -0.2) is 4.90 Å². The van der Waals surface area contributed by atoms with Crippen LogP contribution in [0, 0.1) is 0 Å². The number of rotatable bonds is 4. The van der Waals surface area contributed by atoms with E-state index in [2.05, 4.69) is 0 Å². The third-order valence-electron chi connectivity index (χ3n) is 3.44. The van der Waals surface area contributed by atoms with Gasteiger partial charge in [0.25, 0.3) is 11.1 Å². The molecule has 0 aromatic heterocycles. The fourth-order valence-electron chi connectivity index (χ4n) is 2.34. The number of nitrogens with zero attached hydrogens (tertiary/aromatic N) is 1. The summed E-state index contributed by atoms with van der Waals surface area (Å²) in [6.07, 6.45) is 1.62. The van der Waals surface area contributed by atoms with E-state index in [1.807, 2.05) is 6.92 Å². The van der Waals surface area contributed by atoms with Crippen LogP contribution in [0.15, 0.2) is 47.4 Å². The highest BCUT2D eigenvalue weighted by atomic mass is 35.5. The number of benzene rings is 2. The van der Waals surface area contributed by atoms with Crippen molar-refractivity contribution in [3.8, 4) is 5.75 Å². The molecule has 0 N–H and O–H groups in total. The number of carbonyl (C=O) groups is 2. The van der Waals surface area contributed by atoms with Crippen molar-refractivity contribution in [2.24, 2.45) is 0 Å². The Labute approximate surface area is 159 Å². The predicted molar refractivity (Wildman–Crippen MR) is 103 cm³/mol. The van der Waals surface area contributed by atoms with Gasteiger partial charge in [-0.3, -0.25) is 9.59 Å². The van der Waals surface area contributed by atoms with Crippen LogP contribution in [0.1, 0.15) is 12.5 Å². The second-order valence-corrected chi connectivity index (χ2v) is 6.97. The fourth-order valence-corrected chi connectivity index (χ4v) is 3.48. The lowest BCUT2D eigenvalue weighted by Crippen LogP contribution is -2.27. The molecule has 0 aliphatic carbocycles. The molecule has 2 aromatic carbocycles. The summed E-state index contributed by atoms with van der Waals surface area (Å²) in [7, 11) is 0. The number of imide groups is 1. The van der Waals surface area contributed by atoms with Crippen molar-refractivity contribution in [3.05, 3.63) is 63.0 Å². The molecule has 1 aliphatic rings. The van der Waals surface area contributed by atoms with Crippen LogP contribution in [0.3, 0.4) is 0 Å². The molecule has 3 rings (SSSR count). The molecule has 1 heterocycles. The largest absolute Gasteiger partial charge is 0.493 e. The van der Waals surface area contributed by atoms with Crippen molar-refractivity contribution in [1.29, 1.82) is 0 Å². The molecule has 0 atom stereocenters. The van der Waals surface area contributed by atoms with Crippen LogP contribution < -0.4 is 9.64 Å². The van der Waals surface area contributed by atoms with Crippen molar-refractivity contribution in [3.63, 3.8) is 0 Å². The quantitative estimate of drug-likeness (QED) is 0.631. The zero-order chi connectivity index (χ0) is 18.0. The molecule has 1 fully saturated rings. The maximum atomic E-state index is 12.7. The second-order valence-electron chi connectivity index (χ2n) is 5.11. The summed E-state index contributed by atoms with van der Waals surface area (Å²) in [5, 5.41) is 0.691. The molecule has 128 valence electrons. The van der Waals surface area contributed by atoms with E-state index in [1.54, 1.807) is 48.5 Å². The molecular weight excluding hydrogens is 381 g/mol. The standard InChI is InChI=1S/C18H13Cl2NO3S/c1-2-24-15-8-5-13(20)9-11(15)10-16-17(22)21(18(23)25-16)14-6-3-12(19)4-7-14/h3-10H,2H2,1H3/b16-10-. The van der Waals surface area contributed by atoms with Crippen molar-refractivity contribution in [2.45, 2.75) is 6.92 Å². The van der Waals surface area contributed by atoms with Gasteiger partial charge in [0.1, 0.15) is 5.75 Å². The zero-order valence-electron chi connectivity index (χ0n) is 13.2. The van der Waals surface area contributed by atoms with Crippen LogP contribution in [0.4, 0.5) is 10.5 Å². The fraction of sp³-hybridized carbons (Fsp3) is 0.111. The first-order chi connectivity index (χ1) is 12.0. The normalized spacial score (nSPS) is 16.0. The molecule has 2 amide bonds. The van der Waals surface area contributed by atoms with Gasteiger partial charge in [-0.15, -0.1) is 0 Å². The number of hydrogen-bond acceptors (Lipinski definition) is 4. The molecule has 4 nitrogen and oxygen atoms in total. The smallest absolute Gasteiger partial charge is 0.298 e. The van der Waals surface area contributed by atoms with E-state index in [0.29, 0.717) is 38.6 Å². The molecule has 0 radical (unpaired) electrons. The number of thioether (sulfide) groups is 1. The molecule has 0 bridgehead atoms. The Morgan fingerprint density at radius 2 is 1.76 bits per heavy atom. The first-order valence-electron chi connectivity index (χ1n) is 7.45. The van der Waals surface area contributed by atoms with Gasteiger partial charge in [0.15, 0.2) is 0 Å². The summed E-state index contributed by atoms with van der Waals surface area (Å²) in [6.45, 7) is 2.35. The summed E-state index contributed by atoms with van der Waals surface area (Å²) in [6, 6.07) is 11.7. The average molecular weight is 394 g/mol. The zero-order valence-corrected chi connectivity index (χ0v) is 15.5. The van der Waals surface area contributed by atoms with E-state index < -0.39 is 0 Å². The highest BCUT2D eigenvalue weighted by molar-refractivity contribution is 8.19. The summed E-state index contributed by atoms with van der Waals surface area (Å²) < 4.78 is 5.55. The lowest BCUT2D eigenvalue weighted by molar-refractivity contribution is -0.113. The van der Waals surface area contributed by atoms with E-state index >= 15 is 0 Å². The minimum atomic E-state index is -0.389. The molecule has 2 aromatic rings. The van der Waals surface area contributed by atoms with E-state index in [0.717, 1.165) is 16.7 Å². The van der Waals surface area contributed by atoms with E-state index in [9.17, 15) is 9.59 Å². The van der Waals surface area contributed by atoms with Crippen LogP contribution in [0.25, 0.3) is 6.08 Å². The van der Waals surface area contributed by atoms with Gasteiger partial charge >= 0.3 is 0 Å². The first-order valence-corrected chi connectivity index (χ1v) is 9.02. The third kappa shape index (κ3) is 3.84. The van der Waals surface area contributed by atoms with E-state index in [-0.39, 0.29) is 11.1 Å². The van der Waals surface area contributed by atoms with Gasteiger partial charge in [0.2, 0.25) is 0 Å². The molecule has 0 saturated carbocycles. The monoisotopic (exact) mass is 393 g/mol. The average Bonchev–Trinajstić information content (AvgIpc) is 2.85. The summed E-state index contributed by atoms with van der Waals surface area (Å²) >= 11 is 12.8. The molecular formula is C18H13Cl2NO3S. The van der Waals surface area contributed by atoms with Crippen LogP contribution in [0.5, 0.6) is 5.75 Å². The van der Waals surface area contributed by atoms with Crippen molar-refractivity contribution >= 4 is 57.9 Å². The Kier molecular flexibility index (Phi) is 5.37. The summed E-state index contributed by atoms with van der Waals surface area (Å²) in [5.41, 5.74) is 1.13. The predicted octanol–water partition coefficient (Wildman–Crippen LogP) is 5.63. The summed E-state index contributed by atoms with van der Waals surface area (Å²) in [5.74, 6) is 0.213. The Balaban J connectivity index is 1.96. The Morgan fingerprint density at radius 1 is 1.08 bits per heavy atom. The number of halogens is 2. The van der Waals surface area contributed by atoms with Gasteiger partial charge in [-0.2, -0.15) is 0 Å². The highest BCUT2D eigenvalue weighted by Crippen LogP contribution is 2.37. The van der Waals surface area contributed by atoms with Gasteiger partial charge in [0, 0.05) is 15.6 Å². The maximum Gasteiger partial charge on any atom is 0.298 e. The van der Waals surface area contributed by atoms with Gasteiger partial charge < -0.3 is 4.74 Å². The molecule has 0 unspecified atom stereocenters. The third-order valence-corrected chi connectivity index (χ3v) is 4.79. The lowest BCUT2D eigenvalue weighted by atomic mass is 10.1. The Bertz CT molecular complexity index is 865. The minimum Gasteiger partial charge on any atom is -0.493 e. The molecule has 0 spiro atoms. The SMILES string of the molecule is CCOc1ccc(Cl)cc1/C=C1\SC(=O)N(c2ccc(Cl)cc2)C1=O. The van der Waals surface area contributed by atoms with Crippen LogP contribution in [0.2, 0.25) is 10.0 Å². The first kappa shape index (κ1) is 17.9. The van der Waals surface area contributed by atoms with E-state index in [4.69, 9.17) is 27.9 Å². The number of anilines is 1. The van der Waals surface area contributed by atoms with Gasteiger partial charge in [-0.1, -0.05) is 23.2 Å².